The lowest BCUT2D eigenvalue weighted by Crippen LogP contribution is -2.48. The Morgan fingerprint density at radius 2 is 1.42 bits per heavy atom. The van der Waals surface area contributed by atoms with Gasteiger partial charge < -0.3 is 4.90 Å². The van der Waals surface area contributed by atoms with Gasteiger partial charge in [-0.05, 0) is 42.5 Å². The molecule has 0 bridgehead atoms. The predicted octanol–water partition coefficient (Wildman–Crippen LogP) is 4.16. The highest BCUT2D eigenvalue weighted by Gasteiger charge is 2.28. The van der Waals surface area contributed by atoms with Crippen molar-refractivity contribution in [2.75, 3.05) is 31.1 Å². The number of nitrogens with zero attached hydrogens (tertiary/aromatic N) is 2. The second-order valence-corrected chi connectivity index (χ2v) is 8.63. The van der Waals surface area contributed by atoms with E-state index in [-0.39, 0.29) is 4.90 Å². The van der Waals surface area contributed by atoms with Gasteiger partial charge >= 0.3 is 0 Å². The molecule has 0 aromatic heterocycles. The molecule has 0 unspecified atom stereocenters. The zero-order valence-corrected chi connectivity index (χ0v) is 15.7. The first-order valence-electron chi connectivity index (χ1n) is 7.33. The van der Waals surface area contributed by atoms with Crippen molar-refractivity contribution in [3.8, 4) is 0 Å². The van der Waals surface area contributed by atoms with Crippen LogP contribution < -0.4 is 4.90 Å². The van der Waals surface area contributed by atoms with Crippen LogP contribution in [-0.2, 0) is 10.0 Å². The highest BCUT2D eigenvalue weighted by Crippen LogP contribution is 2.28. The van der Waals surface area contributed by atoms with E-state index in [1.54, 1.807) is 24.3 Å². The summed E-state index contributed by atoms with van der Waals surface area (Å²) in [5.74, 6) is 0. The molecule has 8 heteroatoms. The molecule has 0 amide bonds. The van der Waals surface area contributed by atoms with Crippen LogP contribution in [-0.4, -0.2) is 38.9 Å². The Morgan fingerprint density at radius 1 is 0.792 bits per heavy atom. The van der Waals surface area contributed by atoms with E-state index >= 15 is 0 Å². The molecular formula is C16H15Cl3N2O2S. The first kappa shape index (κ1) is 17.8. The predicted molar refractivity (Wildman–Crippen MR) is 98.9 cm³/mol. The largest absolute Gasteiger partial charge is 0.369 e. The normalized spacial score (nSPS) is 16.4. The number of halogens is 3. The molecule has 1 saturated heterocycles. The fraction of sp³-hybridized carbons (Fsp3) is 0.250. The first-order chi connectivity index (χ1) is 11.4. The van der Waals surface area contributed by atoms with Gasteiger partial charge in [0.2, 0.25) is 10.0 Å². The van der Waals surface area contributed by atoms with Crippen LogP contribution in [0.15, 0.2) is 47.4 Å². The number of hydrogen-bond acceptors (Lipinski definition) is 3. The number of hydrogen-bond donors (Lipinski definition) is 0. The van der Waals surface area contributed by atoms with Crippen LogP contribution in [0.1, 0.15) is 0 Å². The van der Waals surface area contributed by atoms with Crippen LogP contribution in [0.4, 0.5) is 5.69 Å². The third-order valence-corrected chi connectivity index (χ3v) is 6.86. The molecule has 0 N–H and O–H groups in total. The fourth-order valence-corrected chi connectivity index (χ4v) is 4.46. The van der Waals surface area contributed by atoms with Gasteiger partial charge in [-0.3, -0.25) is 0 Å². The molecule has 1 aliphatic heterocycles. The van der Waals surface area contributed by atoms with E-state index < -0.39 is 10.0 Å². The van der Waals surface area contributed by atoms with E-state index in [1.807, 2.05) is 6.07 Å². The summed E-state index contributed by atoms with van der Waals surface area (Å²) in [5.41, 5.74) is 0.938. The van der Waals surface area contributed by atoms with Crippen LogP contribution in [0.3, 0.4) is 0 Å². The summed E-state index contributed by atoms with van der Waals surface area (Å²) in [6.07, 6.45) is 0. The Morgan fingerprint density at radius 3 is 2.00 bits per heavy atom. The number of piperazine rings is 1. The average molecular weight is 406 g/mol. The first-order valence-corrected chi connectivity index (χ1v) is 9.91. The molecule has 3 rings (SSSR count). The van der Waals surface area contributed by atoms with Gasteiger partial charge in [-0.1, -0.05) is 34.8 Å². The zero-order chi connectivity index (χ0) is 17.3. The topological polar surface area (TPSA) is 40.6 Å². The van der Waals surface area contributed by atoms with Crippen molar-refractivity contribution in [1.29, 1.82) is 0 Å². The molecule has 2 aromatic carbocycles. The highest BCUT2D eigenvalue weighted by molar-refractivity contribution is 7.89. The van der Waals surface area contributed by atoms with E-state index in [1.165, 1.54) is 16.4 Å². The molecule has 0 spiro atoms. The molecule has 0 aliphatic carbocycles. The quantitative estimate of drug-likeness (QED) is 0.770. The minimum absolute atomic E-state index is 0.259. The summed E-state index contributed by atoms with van der Waals surface area (Å²) in [5, 5.41) is 1.51. The summed E-state index contributed by atoms with van der Waals surface area (Å²) in [4.78, 5) is 2.35. The maximum atomic E-state index is 12.7. The molecule has 1 fully saturated rings. The Hall–Kier alpha value is -0.980. The number of sulfonamides is 1. The molecule has 0 saturated carbocycles. The summed E-state index contributed by atoms with van der Waals surface area (Å²) in [6.45, 7) is 1.99. The van der Waals surface area contributed by atoms with Crippen molar-refractivity contribution in [2.24, 2.45) is 0 Å². The van der Waals surface area contributed by atoms with E-state index in [9.17, 15) is 8.42 Å². The molecule has 0 atom stereocenters. The molecule has 24 heavy (non-hydrogen) atoms. The lowest BCUT2D eigenvalue weighted by atomic mass is 10.2. The smallest absolute Gasteiger partial charge is 0.243 e. The summed E-state index contributed by atoms with van der Waals surface area (Å²) < 4.78 is 26.8. The Bertz CT molecular complexity index is 833. The maximum Gasteiger partial charge on any atom is 0.243 e. The Balaban J connectivity index is 1.72. The Kier molecular flexibility index (Phi) is 5.27. The molecule has 128 valence electrons. The van der Waals surface area contributed by atoms with Crippen molar-refractivity contribution in [3.63, 3.8) is 0 Å². The van der Waals surface area contributed by atoms with Gasteiger partial charge in [-0.2, -0.15) is 4.31 Å². The van der Waals surface area contributed by atoms with Gasteiger partial charge in [-0.15, -0.1) is 0 Å². The van der Waals surface area contributed by atoms with Gasteiger partial charge in [0.1, 0.15) is 0 Å². The molecular weight excluding hydrogens is 391 g/mol. The van der Waals surface area contributed by atoms with Crippen molar-refractivity contribution in [2.45, 2.75) is 4.90 Å². The molecule has 4 nitrogen and oxygen atoms in total. The minimum Gasteiger partial charge on any atom is -0.369 e. The van der Waals surface area contributed by atoms with E-state index in [0.29, 0.717) is 41.2 Å². The summed E-state index contributed by atoms with van der Waals surface area (Å²) in [7, 11) is -3.50. The fourth-order valence-electron chi connectivity index (χ4n) is 2.62. The number of benzene rings is 2. The van der Waals surface area contributed by atoms with Crippen molar-refractivity contribution in [3.05, 3.63) is 57.5 Å². The van der Waals surface area contributed by atoms with Gasteiger partial charge in [0.25, 0.3) is 0 Å². The van der Waals surface area contributed by atoms with Crippen LogP contribution in [0.25, 0.3) is 0 Å². The van der Waals surface area contributed by atoms with Crippen molar-refractivity contribution >= 4 is 50.5 Å². The van der Waals surface area contributed by atoms with Crippen LogP contribution in [0, 0.1) is 0 Å². The summed E-state index contributed by atoms with van der Waals surface area (Å²) >= 11 is 17.8. The van der Waals surface area contributed by atoms with Crippen LogP contribution in [0.5, 0.6) is 0 Å². The lowest BCUT2D eigenvalue weighted by molar-refractivity contribution is 0.385. The lowest BCUT2D eigenvalue weighted by Gasteiger charge is -2.35. The number of rotatable bonds is 3. The SMILES string of the molecule is O=S(=O)(c1ccc(Cl)cc1)N1CCN(c2ccc(Cl)c(Cl)c2)CC1. The highest BCUT2D eigenvalue weighted by atomic mass is 35.5. The zero-order valence-electron chi connectivity index (χ0n) is 12.6. The monoisotopic (exact) mass is 404 g/mol. The van der Waals surface area contributed by atoms with Gasteiger partial charge in [0.15, 0.2) is 0 Å². The van der Waals surface area contributed by atoms with Crippen molar-refractivity contribution in [1.82, 2.24) is 4.31 Å². The van der Waals surface area contributed by atoms with Crippen LogP contribution >= 0.6 is 34.8 Å². The minimum atomic E-state index is -3.50. The standard InChI is InChI=1S/C16H15Cl3N2O2S/c17-12-1-4-14(5-2-12)24(22,23)21-9-7-20(8-10-21)13-3-6-15(18)16(19)11-13/h1-6,11H,7-10H2. The Labute approximate surface area is 156 Å². The molecule has 0 radical (unpaired) electrons. The second kappa shape index (κ2) is 7.10. The van der Waals surface area contributed by atoms with Crippen molar-refractivity contribution < 1.29 is 8.42 Å². The van der Waals surface area contributed by atoms with E-state index in [4.69, 9.17) is 34.8 Å². The van der Waals surface area contributed by atoms with Gasteiger partial charge in [0.05, 0.1) is 14.9 Å². The molecule has 2 aromatic rings. The van der Waals surface area contributed by atoms with Gasteiger partial charge in [-0.25, -0.2) is 8.42 Å². The third kappa shape index (κ3) is 3.65. The molecule has 1 aliphatic rings. The summed E-state index contributed by atoms with van der Waals surface area (Å²) in [6, 6.07) is 11.7. The molecule has 1 heterocycles. The van der Waals surface area contributed by atoms with Gasteiger partial charge in [0, 0.05) is 36.9 Å². The van der Waals surface area contributed by atoms with Crippen LogP contribution in [0.2, 0.25) is 15.1 Å². The third-order valence-electron chi connectivity index (χ3n) is 3.96. The van der Waals surface area contributed by atoms with E-state index in [0.717, 1.165) is 5.69 Å². The number of anilines is 1. The second-order valence-electron chi connectivity index (χ2n) is 5.44. The maximum absolute atomic E-state index is 12.7. The van der Waals surface area contributed by atoms with E-state index in [2.05, 4.69) is 4.90 Å². The average Bonchev–Trinajstić information content (AvgIpc) is 2.58.